The predicted octanol–water partition coefficient (Wildman–Crippen LogP) is 5.71. The number of rotatable bonds is 9. The van der Waals surface area contributed by atoms with E-state index in [9.17, 15) is 13.2 Å². The number of hydrogen-bond donors (Lipinski definition) is 0. The van der Waals surface area contributed by atoms with Crippen molar-refractivity contribution < 1.29 is 26.9 Å². The van der Waals surface area contributed by atoms with Gasteiger partial charge < -0.3 is 18.6 Å². The van der Waals surface area contributed by atoms with Crippen LogP contribution in [0.2, 0.25) is 10.0 Å². The van der Waals surface area contributed by atoms with Gasteiger partial charge in [0.2, 0.25) is 5.91 Å². The van der Waals surface area contributed by atoms with Crippen LogP contribution in [0.4, 0.5) is 0 Å². The van der Waals surface area contributed by atoms with E-state index in [1.165, 1.54) is 25.3 Å². The van der Waals surface area contributed by atoms with Gasteiger partial charge >= 0.3 is 10.1 Å². The fourth-order valence-corrected chi connectivity index (χ4v) is 5.08. The molecule has 1 saturated heterocycles. The van der Waals surface area contributed by atoms with Crippen molar-refractivity contribution in [3.05, 3.63) is 52.0 Å². The molecule has 0 aliphatic carbocycles. The number of amides is 1. The van der Waals surface area contributed by atoms with Crippen LogP contribution >= 0.6 is 23.2 Å². The standard InChI is InChI=1S/C25H31Cl2NO6S/c1-25(2,3)14-24(29)28(16-18-6-5-11-33-18)15-17-7-10-22(32-4)23(12-17)34-35(30,31)19-8-9-20(26)21(27)13-19/h7-10,12-13,18H,5-6,11,14-16H2,1-4H3/t18-/m0/s1. The molecule has 1 amide bonds. The summed E-state index contributed by atoms with van der Waals surface area (Å²) in [6.07, 6.45) is 2.24. The van der Waals surface area contributed by atoms with Gasteiger partial charge in [0, 0.05) is 26.1 Å². The summed E-state index contributed by atoms with van der Waals surface area (Å²) in [7, 11) is -2.79. The molecule has 0 spiro atoms. The Morgan fingerprint density at radius 2 is 1.86 bits per heavy atom. The summed E-state index contributed by atoms with van der Waals surface area (Å²) in [6, 6.07) is 8.90. The highest BCUT2D eigenvalue weighted by Crippen LogP contribution is 2.33. The highest BCUT2D eigenvalue weighted by atomic mass is 35.5. The lowest BCUT2D eigenvalue weighted by Crippen LogP contribution is -2.38. The van der Waals surface area contributed by atoms with E-state index >= 15 is 0 Å². The molecule has 35 heavy (non-hydrogen) atoms. The third-order valence-electron chi connectivity index (χ3n) is 5.46. The first-order chi connectivity index (χ1) is 16.4. The molecule has 192 valence electrons. The molecule has 3 rings (SSSR count). The molecule has 0 N–H and O–H groups in total. The monoisotopic (exact) mass is 543 g/mol. The zero-order valence-corrected chi connectivity index (χ0v) is 22.7. The van der Waals surface area contributed by atoms with Crippen molar-refractivity contribution in [1.29, 1.82) is 0 Å². The second-order valence-corrected chi connectivity index (χ2v) is 12.1. The Morgan fingerprint density at radius 1 is 1.11 bits per heavy atom. The van der Waals surface area contributed by atoms with Gasteiger partial charge in [-0.2, -0.15) is 8.42 Å². The molecule has 0 unspecified atom stereocenters. The largest absolute Gasteiger partial charge is 0.493 e. The minimum absolute atomic E-state index is 0.00899. The summed E-state index contributed by atoms with van der Waals surface area (Å²) in [5.74, 6) is 0.259. The van der Waals surface area contributed by atoms with E-state index in [4.69, 9.17) is 36.9 Å². The van der Waals surface area contributed by atoms with Crippen molar-refractivity contribution in [2.75, 3.05) is 20.3 Å². The van der Waals surface area contributed by atoms with E-state index in [-0.39, 0.29) is 50.4 Å². The molecule has 1 heterocycles. The fourth-order valence-electron chi connectivity index (χ4n) is 3.76. The molecule has 1 aliphatic rings. The van der Waals surface area contributed by atoms with Crippen LogP contribution in [-0.4, -0.2) is 45.6 Å². The van der Waals surface area contributed by atoms with E-state index in [0.717, 1.165) is 12.8 Å². The number of benzene rings is 2. The van der Waals surface area contributed by atoms with Gasteiger partial charge in [-0.25, -0.2) is 0 Å². The minimum Gasteiger partial charge on any atom is -0.493 e. The summed E-state index contributed by atoms with van der Waals surface area (Å²) >= 11 is 11.9. The molecule has 10 heteroatoms. The lowest BCUT2D eigenvalue weighted by molar-refractivity contribution is -0.135. The summed E-state index contributed by atoms with van der Waals surface area (Å²) in [4.78, 5) is 14.8. The summed E-state index contributed by atoms with van der Waals surface area (Å²) in [5.41, 5.74) is 0.527. The lowest BCUT2D eigenvalue weighted by Gasteiger charge is -2.29. The van der Waals surface area contributed by atoms with Crippen LogP contribution in [0.15, 0.2) is 41.3 Å². The van der Waals surface area contributed by atoms with Crippen molar-refractivity contribution in [2.45, 2.75) is 57.6 Å². The van der Waals surface area contributed by atoms with E-state index < -0.39 is 10.1 Å². The van der Waals surface area contributed by atoms with Crippen LogP contribution in [-0.2, 0) is 26.2 Å². The Balaban J connectivity index is 1.87. The molecule has 7 nitrogen and oxygen atoms in total. The van der Waals surface area contributed by atoms with Gasteiger partial charge in [-0.15, -0.1) is 0 Å². The molecule has 2 aromatic carbocycles. The van der Waals surface area contributed by atoms with Gasteiger partial charge in [-0.1, -0.05) is 50.0 Å². The van der Waals surface area contributed by atoms with Crippen molar-refractivity contribution >= 4 is 39.2 Å². The smallest absolute Gasteiger partial charge is 0.339 e. The second kappa shape index (κ2) is 11.4. The minimum atomic E-state index is -4.21. The topological polar surface area (TPSA) is 82.1 Å². The van der Waals surface area contributed by atoms with Gasteiger partial charge in [-0.3, -0.25) is 4.79 Å². The van der Waals surface area contributed by atoms with E-state index in [2.05, 4.69) is 0 Å². The van der Waals surface area contributed by atoms with Gasteiger partial charge in [0.05, 0.1) is 23.3 Å². The summed E-state index contributed by atoms with van der Waals surface area (Å²) in [6.45, 7) is 7.49. The third-order valence-corrected chi connectivity index (χ3v) is 7.43. The number of methoxy groups -OCH3 is 1. The summed E-state index contributed by atoms with van der Waals surface area (Å²) < 4.78 is 42.3. The van der Waals surface area contributed by atoms with Crippen LogP contribution in [0.25, 0.3) is 0 Å². The maximum absolute atomic E-state index is 13.1. The molecule has 1 atom stereocenters. The normalized spacial score (nSPS) is 16.2. The molecule has 0 radical (unpaired) electrons. The van der Waals surface area contributed by atoms with E-state index in [1.807, 2.05) is 20.8 Å². The van der Waals surface area contributed by atoms with Gasteiger partial charge in [0.25, 0.3) is 0 Å². The zero-order valence-electron chi connectivity index (χ0n) is 20.3. The van der Waals surface area contributed by atoms with Crippen molar-refractivity contribution in [3.8, 4) is 11.5 Å². The van der Waals surface area contributed by atoms with E-state index in [0.29, 0.717) is 25.1 Å². The van der Waals surface area contributed by atoms with Crippen LogP contribution in [0.5, 0.6) is 11.5 Å². The Bertz CT molecular complexity index is 1160. The fraction of sp³-hybridized carbons (Fsp3) is 0.480. The van der Waals surface area contributed by atoms with Crippen molar-refractivity contribution in [3.63, 3.8) is 0 Å². The molecule has 0 aromatic heterocycles. The Hall–Kier alpha value is -2.00. The maximum atomic E-state index is 13.1. The molecule has 2 aromatic rings. The van der Waals surface area contributed by atoms with Gasteiger partial charge in [0.15, 0.2) is 11.5 Å². The highest BCUT2D eigenvalue weighted by Gasteiger charge is 2.27. The maximum Gasteiger partial charge on any atom is 0.339 e. The first-order valence-corrected chi connectivity index (χ1v) is 13.5. The van der Waals surface area contributed by atoms with Gasteiger partial charge in [-0.05, 0) is 54.2 Å². The first kappa shape index (κ1) is 27.6. The number of nitrogens with zero attached hydrogens (tertiary/aromatic N) is 1. The number of halogens is 2. The predicted molar refractivity (Wildman–Crippen MR) is 136 cm³/mol. The molecular weight excluding hydrogens is 513 g/mol. The number of carbonyl (C=O) groups excluding carboxylic acids is 1. The second-order valence-electron chi connectivity index (χ2n) is 9.75. The van der Waals surface area contributed by atoms with Crippen molar-refractivity contribution in [2.24, 2.45) is 5.41 Å². The SMILES string of the molecule is COc1ccc(CN(C[C@@H]2CCCO2)C(=O)CC(C)(C)C)cc1OS(=O)(=O)c1ccc(Cl)c(Cl)c1. The Morgan fingerprint density at radius 3 is 2.46 bits per heavy atom. The Kier molecular flexibility index (Phi) is 8.96. The van der Waals surface area contributed by atoms with Gasteiger partial charge in [0.1, 0.15) is 4.90 Å². The quantitative estimate of drug-likeness (QED) is 0.376. The first-order valence-electron chi connectivity index (χ1n) is 11.3. The average molecular weight is 544 g/mol. The summed E-state index contributed by atoms with van der Waals surface area (Å²) in [5, 5.41) is 0.329. The number of hydrogen-bond acceptors (Lipinski definition) is 6. The van der Waals surface area contributed by atoms with Crippen LogP contribution in [0, 0.1) is 5.41 Å². The molecule has 1 fully saturated rings. The van der Waals surface area contributed by atoms with Crippen LogP contribution in [0.1, 0.15) is 45.6 Å². The average Bonchev–Trinajstić information content (AvgIpc) is 3.27. The lowest BCUT2D eigenvalue weighted by atomic mass is 9.91. The molecular formula is C25H31Cl2NO6S. The van der Waals surface area contributed by atoms with Crippen molar-refractivity contribution in [1.82, 2.24) is 4.90 Å². The number of carbonyl (C=O) groups is 1. The highest BCUT2D eigenvalue weighted by molar-refractivity contribution is 7.87. The number of ether oxygens (including phenoxy) is 2. The van der Waals surface area contributed by atoms with E-state index in [1.54, 1.807) is 23.1 Å². The zero-order chi connectivity index (χ0) is 25.8. The molecule has 1 aliphatic heterocycles. The molecule has 0 bridgehead atoms. The third kappa shape index (κ3) is 7.74. The Labute approximate surface area is 217 Å². The van der Waals surface area contributed by atoms with Crippen LogP contribution in [0.3, 0.4) is 0 Å². The van der Waals surface area contributed by atoms with Crippen LogP contribution < -0.4 is 8.92 Å². The molecule has 0 saturated carbocycles.